The average molecular weight is 238 g/mol. The number of halogens is 4. The van der Waals surface area contributed by atoms with E-state index >= 15 is 0 Å². The molecule has 0 saturated carbocycles. The quantitative estimate of drug-likeness (QED) is 0.544. The van der Waals surface area contributed by atoms with Crippen molar-refractivity contribution in [2.75, 3.05) is 0 Å². The van der Waals surface area contributed by atoms with Crippen molar-refractivity contribution in [3.63, 3.8) is 0 Å². The third kappa shape index (κ3) is 6.43. The van der Waals surface area contributed by atoms with Crippen LogP contribution in [0.15, 0.2) is 18.2 Å². The number of aryl methyl sites for hydroxylation is 1. The summed E-state index contributed by atoms with van der Waals surface area (Å²) in [6, 6.07) is 2.44. The van der Waals surface area contributed by atoms with Crippen LogP contribution in [-0.2, 0) is 6.18 Å². The standard InChI is InChI=1S/C8H6F4.2C2H6/c1-5-2-6(8(10,11)12)4-7(9)3-5;2*1-2/h2-4H,1H3;2*1-2H3. The fraction of sp³-hybridized carbons (Fsp3) is 0.500. The van der Waals surface area contributed by atoms with Crippen molar-refractivity contribution in [1.29, 1.82) is 0 Å². The second-order valence-electron chi connectivity index (χ2n) is 2.52. The predicted molar refractivity (Wildman–Crippen MR) is 58.8 cm³/mol. The zero-order valence-electron chi connectivity index (χ0n) is 10.2. The van der Waals surface area contributed by atoms with Gasteiger partial charge in [-0.25, -0.2) is 4.39 Å². The molecule has 1 rings (SSSR count). The smallest absolute Gasteiger partial charge is 0.207 e. The number of hydrogen-bond donors (Lipinski definition) is 0. The van der Waals surface area contributed by atoms with Gasteiger partial charge in [-0.05, 0) is 30.7 Å². The molecule has 0 radical (unpaired) electrons. The fourth-order valence-electron chi connectivity index (χ4n) is 0.900. The van der Waals surface area contributed by atoms with Gasteiger partial charge in [0.2, 0.25) is 0 Å². The Morgan fingerprint density at radius 1 is 0.875 bits per heavy atom. The van der Waals surface area contributed by atoms with Crippen LogP contribution >= 0.6 is 0 Å². The fourth-order valence-corrected chi connectivity index (χ4v) is 0.900. The molecule has 16 heavy (non-hydrogen) atoms. The summed E-state index contributed by atoms with van der Waals surface area (Å²) >= 11 is 0. The van der Waals surface area contributed by atoms with E-state index in [1.54, 1.807) is 0 Å². The van der Waals surface area contributed by atoms with Gasteiger partial charge in [0.05, 0.1) is 5.56 Å². The van der Waals surface area contributed by atoms with Crippen molar-refractivity contribution < 1.29 is 17.6 Å². The Kier molecular flexibility index (Phi) is 8.81. The van der Waals surface area contributed by atoms with Crippen LogP contribution in [0.2, 0.25) is 0 Å². The predicted octanol–water partition coefficient (Wildman–Crippen LogP) is 5.21. The normalized spacial score (nSPS) is 9.56. The van der Waals surface area contributed by atoms with Crippen molar-refractivity contribution in [2.24, 2.45) is 0 Å². The van der Waals surface area contributed by atoms with Crippen molar-refractivity contribution >= 4 is 0 Å². The molecule has 1 aromatic carbocycles. The second kappa shape index (κ2) is 8.13. The molecule has 94 valence electrons. The molecule has 0 aliphatic rings. The first kappa shape index (κ1) is 17.3. The summed E-state index contributed by atoms with van der Waals surface area (Å²) in [5, 5.41) is 0. The zero-order chi connectivity index (χ0) is 13.4. The Balaban J connectivity index is 0. The number of hydrogen-bond acceptors (Lipinski definition) is 0. The minimum atomic E-state index is -4.47. The van der Waals surface area contributed by atoms with Crippen LogP contribution in [0.3, 0.4) is 0 Å². The Morgan fingerprint density at radius 3 is 1.62 bits per heavy atom. The Morgan fingerprint density at radius 2 is 1.31 bits per heavy atom. The number of alkyl halides is 3. The maximum atomic E-state index is 12.5. The molecule has 0 spiro atoms. The van der Waals surface area contributed by atoms with Crippen LogP contribution in [0.1, 0.15) is 38.8 Å². The molecule has 1 aromatic rings. The molecule has 0 bridgehead atoms. The van der Waals surface area contributed by atoms with Gasteiger partial charge < -0.3 is 0 Å². The van der Waals surface area contributed by atoms with Gasteiger partial charge in [-0.1, -0.05) is 27.7 Å². The van der Waals surface area contributed by atoms with E-state index in [1.165, 1.54) is 6.92 Å². The van der Waals surface area contributed by atoms with Crippen LogP contribution in [0.4, 0.5) is 17.6 Å². The largest absolute Gasteiger partial charge is 0.416 e. The summed E-state index contributed by atoms with van der Waals surface area (Å²) < 4.78 is 48.4. The summed E-state index contributed by atoms with van der Waals surface area (Å²) in [5.41, 5.74) is -0.678. The highest BCUT2D eigenvalue weighted by atomic mass is 19.4. The molecule has 0 heterocycles. The van der Waals surface area contributed by atoms with Crippen molar-refractivity contribution in [1.82, 2.24) is 0 Å². The highest BCUT2D eigenvalue weighted by Gasteiger charge is 2.30. The molecule has 0 fully saturated rings. The third-order valence-corrected chi connectivity index (χ3v) is 1.37. The van der Waals surface area contributed by atoms with E-state index < -0.39 is 17.6 Å². The van der Waals surface area contributed by atoms with Gasteiger partial charge in [-0.15, -0.1) is 0 Å². The van der Waals surface area contributed by atoms with E-state index in [0.29, 0.717) is 6.07 Å². The van der Waals surface area contributed by atoms with Crippen molar-refractivity contribution in [3.05, 3.63) is 35.1 Å². The molecule has 0 aliphatic heterocycles. The molecule has 0 N–H and O–H groups in total. The van der Waals surface area contributed by atoms with E-state index in [4.69, 9.17) is 0 Å². The van der Waals surface area contributed by atoms with Crippen LogP contribution in [0.25, 0.3) is 0 Å². The summed E-state index contributed by atoms with van der Waals surface area (Å²) in [6.07, 6.45) is -4.47. The Labute approximate surface area is 94.3 Å². The molecule has 0 unspecified atom stereocenters. The average Bonchev–Trinajstić information content (AvgIpc) is 2.21. The van der Waals surface area contributed by atoms with Gasteiger partial charge in [-0.3, -0.25) is 0 Å². The topological polar surface area (TPSA) is 0 Å². The summed E-state index contributed by atoms with van der Waals surface area (Å²) in [7, 11) is 0. The van der Waals surface area contributed by atoms with Gasteiger partial charge in [0, 0.05) is 0 Å². The number of rotatable bonds is 0. The zero-order valence-corrected chi connectivity index (χ0v) is 10.2. The van der Waals surface area contributed by atoms with Gasteiger partial charge in [0.1, 0.15) is 5.82 Å². The monoisotopic (exact) mass is 238 g/mol. The van der Waals surface area contributed by atoms with Crippen LogP contribution < -0.4 is 0 Å². The number of benzene rings is 1. The first-order valence-corrected chi connectivity index (χ1v) is 5.24. The SMILES string of the molecule is CC.CC.Cc1cc(F)cc(C(F)(F)F)c1. The lowest BCUT2D eigenvalue weighted by atomic mass is 10.1. The second-order valence-corrected chi connectivity index (χ2v) is 2.52. The molecular weight excluding hydrogens is 220 g/mol. The first-order chi connectivity index (χ1) is 7.39. The first-order valence-electron chi connectivity index (χ1n) is 5.24. The third-order valence-electron chi connectivity index (χ3n) is 1.37. The van der Waals surface area contributed by atoms with E-state index in [2.05, 4.69) is 0 Å². The lowest BCUT2D eigenvalue weighted by Crippen LogP contribution is -2.05. The van der Waals surface area contributed by atoms with E-state index in [0.717, 1.165) is 12.1 Å². The molecule has 0 saturated heterocycles. The minimum Gasteiger partial charge on any atom is -0.207 e. The summed E-state index contributed by atoms with van der Waals surface area (Å²) in [6.45, 7) is 9.41. The Hall–Kier alpha value is -1.06. The maximum Gasteiger partial charge on any atom is 0.416 e. The highest BCUT2D eigenvalue weighted by Crippen LogP contribution is 2.30. The van der Waals surface area contributed by atoms with Crippen LogP contribution in [0.5, 0.6) is 0 Å². The molecular formula is C12H18F4. The maximum absolute atomic E-state index is 12.5. The van der Waals surface area contributed by atoms with Gasteiger partial charge in [0.15, 0.2) is 0 Å². The van der Waals surface area contributed by atoms with Gasteiger partial charge >= 0.3 is 6.18 Å². The van der Waals surface area contributed by atoms with E-state index in [9.17, 15) is 17.6 Å². The summed E-state index contributed by atoms with van der Waals surface area (Å²) in [5.74, 6) is -0.859. The van der Waals surface area contributed by atoms with Gasteiger partial charge in [0.25, 0.3) is 0 Å². The minimum absolute atomic E-state index is 0.266. The lowest BCUT2D eigenvalue weighted by molar-refractivity contribution is -0.137. The summed E-state index contributed by atoms with van der Waals surface area (Å²) in [4.78, 5) is 0. The Bertz CT molecular complexity index is 269. The molecule has 0 nitrogen and oxygen atoms in total. The van der Waals surface area contributed by atoms with Crippen LogP contribution in [0, 0.1) is 12.7 Å². The molecule has 0 aliphatic carbocycles. The molecule has 0 amide bonds. The molecule has 0 atom stereocenters. The lowest BCUT2D eigenvalue weighted by Gasteiger charge is -2.06. The molecule has 0 aromatic heterocycles. The van der Waals surface area contributed by atoms with Crippen molar-refractivity contribution in [3.8, 4) is 0 Å². The molecule has 4 heteroatoms. The van der Waals surface area contributed by atoms with Gasteiger partial charge in [-0.2, -0.15) is 13.2 Å². The van der Waals surface area contributed by atoms with Crippen molar-refractivity contribution in [2.45, 2.75) is 40.8 Å². The van der Waals surface area contributed by atoms with Crippen LogP contribution in [-0.4, -0.2) is 0 Å². The van der Waals surface area contributed by atoms with E-state index in [1.807, 2.05) is 27.7 Å². The highest BCUT2D eigenvalue weighted by molar-refractivity contribution is 5.25. The van der Waals surface area contributed by atoms with E-state index in [-0.39, 0.29) is 5.56 Å².